The molecule has 2 aliphatic rings. The number of fused-ring (bicyclic) bond motifs is 1. The molecule has 0 bridgehead atoms. The summed E-state index contributed by atoms with van der Waals surface area (Å²) in [5, 5.41) is 7.19. The Bertz CT molecular complexity index is 1830. The van der Waals surface area contributed by atoms with Gasteiger partial charge in [0.2, 0.25) is 5.88 Å². The fraction of sp³-hybridized carbons (Fsp3) is 0.281. The van der Waals surface area contributed by atoms with Gasteiger partial charge in [-0.15, -0.1) is 0 Å². The molecule has 6 rings (SSSR count). The molecule has 11 nitrogen and oxygen atoms in total. The minimum absolute atomic E-state index is 0.00926. The van der Waals surface area contributed by atoms with Crippen LogP contribution in [0.4, 0.5) is 10.5 Å². The number of halogens is 1. The normalized spacial score (nSPS) is 17.6. The first-order valence-electron chi connectivity index (χ1n) is 14.1. The highest BCUT2D eigenvalue weighted by Gasteiger charge is 2.43. The maximum atomic E-state index is 12.9. The molecule has 2 aromatic carbocycles. The molecule has 0 spiro atoms. The van der Waals surface area contributed by atoms with Gasteiger partial charge in [0.05, 0.1) is 37.0 Å². The first-order chi connectivity index (χ1) is 21.3. The SMILES string of the molecule is COc1nc(-c2cccc(-c3cccc(NC(=O)c4ccnn(C)c4=O)c3C)c2Cl)ccc1CN1C(=O)O[C@H]2COCCC21. The minimum Gasteiger partial charge on any atom is -0.481 e. The third-order valence-corrected chi connectivity index (χ3v) is 8.43. The number of pyridine rings is 1. The molecule has 2 fully saturated rings. The van der Waals surface area contributed by atoms with Gasteiger partial charge in [-0.1, -0.05) is 41.9 Å². The molecule has 44 heavy (non-hydrogen) atoms. The van der Waals surface area contributed by atoms with E-state index in [9.17, 15) is 14.4 Å². The van der Waals surface area contributed by atoms with Gasteiger partial charge in [-0.25, -0.2) is 14.5 Å². The highest BCUT2D eigenvalue weighted by molar-refractivity contribution is 6.36. The molecule has 0 aliphatic carbocycles. The summed E-state index contributed by atoms with van der Waals surface area (Å²) < 4.78 is 17.7. The van der Waals surface area contributed by atoms with Crippen LogP contribution in [0.15, 0.2) is 65.6 Å². The zero-order chi connectivity index (χ0) is 31.0. The first-order valence-corrected chi connectivity index (χ1v) is 14.5. The van der Waals surface area contributed by atoms with Gasteiger partial charge in [-0.3, -0.25) is 14.5 Å². The highest BCUT2D eigenvalue weighted by Crippen LogP contribution is 2.39. The molecule has 2 amide bonds. The number of aryl methyl sites for hydroxylation is 1. The van der Waals surface area contributed by atoms with Gasteiger partial charge < -0.3 is 19.5 Å². The summed E-state index contributed by atoms with van der Waals surface area (Å²) in [6, 6.07) is 16.2. The van der Waals surface area contributed by atoms with Gasteiger partial charge in [-0.2, -0.15) is 5.10 Å². The third kappa shape index (κ3) is 5.40. The van der Waals surface area contributed by atoms with Crippen molar-refractivity contribution in [2.75, 3.05) is 25.6 Å². The van der Waals surface area contributed by atoms with Crippen molar-refractivity contribution in [2.24, 2.45) is 7.05 Å². The Morgan fingerprint density at radius 3 is 2.68 bits per heavy atom. The number of methoxy groups -OCH3 is 1. The van der Waals surface area contributed by atoms with Crippen molar-refractivity contribution < 1.29 is 23.8 Å². The van der Waals surface area contributed by atoms with E-state index >= 15 is 0 Å². The molecule has 4 heterocycles. The molecule has 2 aromatic heterocycles. The second kappa shape index (κ2) is 12.1. The average molecular weight is 616 g/mol. The van der Waals surface area contributed by atoms with Crippen LogP contribution in [-0.2, 0) is 23.1 Å². The van der Waals surface area contributed by atoms with E-state index in [0.717, 1.165) is 26.9 Å². The Labute approximate surface area is 258 Å². The lowest BCUT2D eigenvalue weighted by molar-refractivity contribution is -0.00816. The molecule has 226 valence electrons. The predicted octanol–water partition coefficient (Wildman–Crippen LogP) is 4.84. The van der Waals surface area contributed by atoms with E-state index in [4.69, 9.17) is 30.8 Å². The van der Waals surface area contributed by atoms with Crippen LogP contribution in [0.2, 0.25) is 5.02 Å². The number of carbonyl (C=O) groups excluding carboxylic acids is 2. The molecule has 0 saturated carbocycles. The Hall–Kier alpha value is -4.74. The molecular weight excluding hydrogens is 586 g/mol. The number of ether oxygens (including phenoxy) is 3. The van der Waals surface area contributed by atoms with Crippen molar-refractivity contribution in [3.63, 3.8) is 0 Å². The van der Waals surface area contributed by atoms with Crippen molar-refractivity contribution in [3.8, 4) is 28.3 Å². The van der Waals surface area contributed by atoms with Gasteiger partial charge in [0, 0.05) is 42.2 Å². The third-order valence-electron chi connectivity index (χ3n) is 8.03. The van der Waals surface area contributed by atoms with Crippen LogP contribution in [-0.4, -0.2) is 64.1 Å². The highest BCUT2D eigenvalue weighted by atomic mass is 35.5. The van der Waals surface area contributed by atoms with Crippen LogP contribution in [0.1, 0.15) is 27.9 Å². The Morgan fingerprint density at radius 1 is 1.09 bits per heavy atom. The summed E-state index contributed by atoms with van der Waals surface area (Å²) in [5.74, 6) is -0.144. The lowest BCUT2D eigenvalue weighted by Crippen LogP contribution is -2.42. The maximum absolute atomic E-state index is 12.9. The maximum Gasteiger partial charge on any atom is 0.410 e. The number of nitrogens with zero attached hydrogens (tertiary/aromatic N) is 4. The number of rotatable bonds is 7. The second-order valence-corrected chi connectivity index (χ2v) is 11.0. The molecular formula is C32H30ClN5O6. The molecule has 4 aromatic rings. The van der Waals surface area contributed by atoms with E-state index in [1.807, 2.05) is 49.4 Å². The number of hydrogen-bond donors (Lipinski definition) is 1. The van der Waals surface area contributed by atoms with Crippen LogP contribution in [0, 0.1) is 6.92 Å². The molecule has 1 unspecified atom stereocenters. The van der Waals surface area contributed by atoms with Crippen LogP contribution < -0.4 is 15.6 Å². The van der Waals surface area contributed by atoms with Gasteiger partial charge >= 0.3 is 6.09 Å². The molecule has 2 aliphatic heterocycles. The summed E-state index contributed by atoms with van der Waals surface area (Å²) in [5.41, 5.74) is 4.40. The zero-order valence-electron chi connectivity index (χ0n) is 24.4. The van der Waals surface area contributed by atoms with Gasteiger partial charge in [0.1, 0.15) is 11.7 Å². The second-order valence-electron chi connectivity index (χ2n) is 10.6. The monoisotopic (exact) mass is 615 g/mol. The van der Waals surface area contributed by atoms with Gasteiger partial charge in [0.25, 0.3) is 11.5 Å². The number of carbonyl (C=O) groups is 2. The van der Waals surface area contributed by atoms with E-state index in [1.54, 1.807) is 11.0 Å². The lowest BCUT2D eigenvalue weighted by atomic mass is 9.96. The van der Waals surface area contributed by atoms with Crippen molar-refractivity contribution in [1.82, 2.24) is 19.7 Å². The van der Waals surface area contributed by atoms with Crippen molar-refractivity contribution in [1.29, 1.82) is 0 Å². The van der Waals surface area contributed by atoms with E-state index < -0.39 is 11.5 Å². The quantitative estimate of drug-likeness (QED) is 0.313. The number of amides is 2. The number of hydrogen-bond acceptors (Lipinski definition) is 8. The lowest BCUT2D eigenvalue weighted by Gasteiger charge is -2.28. The fourth-order valence-electron chi connectivity index (χ4n) is 5.65. The molecule has 2 atom stereocenters. The summed E-state index contributed by atoms with van der Waals surface area (Å²) in [7, 11) is 3.03. The van der Waals surface area contributed by atoms with E-state index in [2.05, 4.69) is 10.4 Å². The van der Waals surface area contributed by atoms with Crippen LogP contribution >= 0.6 is 11.6 Å². The molecule has 12 heteroatoms. The summed E-state index contributed by atoms with van der Waals surface area (Å²) in [6.45, 7) is 3.15. The zero-order valence-corrected chi connectivity index (χ0v) is 25.1. The Kier molecular flexibility index (Phi) is 8.07. The number of nitrogens with one attached hydrogen (secondary N) is 1. The molecule has 2 saturated heterocycles. The topological polar surface area (TPSA) is 125 Å². The largest absolute Gasteiger partial charge is 0.481 e. The predicted molar refractivity (Wildman–Crippen MR) is 164 cm³/mol. The van der Waals surface area contributed by atoms with E-state index in [1.165, 1.54) is 26.4 Å². The Balaban J connectivity index is 1.28. The average Bonchev–Trinajstić information content (AvgIpc) is 3.34. The number of anilines is 1. The van der Waals surface area contributed by atoms with Crippen molar-refractivity contribution in [3.05, 3.63) is 92.9 Å². The van der Waals surface area contributed by atoms with Crippen molar-refractivity contribution >= 4 is 29.3 Å². The fourth-order valence-corrected chi connectivity index (χ4v) is 5.98. The van der Waals surface area contributed by atoms with Crippen molar-refractivity contribution in [2.45, 2.75) is 32.0 Å². The molecule has 1 N–H and O–H groups in total. The summed E-state index contributed by atoms with van der Waals surface area (Å²) in [4.78, 5) is 44.4. The molecule has 0 radical (unpaired) electrons. The number of aromatic nitrogens is 3. The standard InChI is InChI=1S/C32H30ClN5O6/c1-18-20(6-5-9-24(18)35-29(39)23-12-14-34-37(2)31(23)40)21-7-4-8-22(28(21)33)25-11-10-19(30(36-25)42-3)16-38-26-13-15-43-17-27(26)44-32(38)41/h4-12,14,26-27H,13,15-17H2,1-3H3,(H,35,39)/t26?,27-/m0/s1. The summed E-state index contributed by atoms with van der Waals surface area (Å²) >= 11 is 7.01. The smallest absolute Gasteiger partial charge is 0.410 e. The minimum atomic E-state index is -0.529. The summed E-state index contributed by atoms with van der Waals surface area (Å²) in [6.07, 6.45) is 1.47. The van der Waals surface area contributed by atoms with Crippen LogP contribution in [0.3, 0.4) is 0 Å². The van der Waals surface area contributed by atoms with Gasteiger partial charge in [-0.05, 0) is 48.7 Å². The number of benzene rings is 2. The Morgan fingerprint density at radius 2 is 1.86 bits per heavy atom. The van der Waals surface area contributed by atoms with E-state index in [0.29, 0.717) is 54.0 Å². The van der Waals surface area contributed by atoms with Gasteiger partial charge in [0.15, 0.2) is 0 Å². The van der Waals surface area contributed by atoms with E-state index in [-0.39, 0.29) is 23.8 Å². The van der Waals surface area contributed by atoms with Crippen LogP contribution in [0.5, 0.6) is 5.88 Å². The van der Waals surface area contributed by atoms with Crippen LogP contribution in [0.25, 0.3) is 22.4 Å². The first kappa shape index (κ1) is 29.3.